The zero-order valence-corrected chi connectivity index (χ0v) is 13.6. The largest absolute Gasteiger partial charge is 0.366 e. The summed E-state index contributed by atoms with van der Waals surface area (Å²) >= 11 is 0. The van der Waals surface area contributed by atoms with Crippen LogP contribution in [0.2, 0.25) is 0 Å². The molecule has 24 heavy (non-hydrogen) atoms. The van der Waals surface area contributed by atoms with E-state index in [1.165, 1.54) is 0 Å². The third kappa shape index (κ3) is 3.27. The molecule has 8 nitrogen and oxygen atoms in total. The van der Waals surface area contributed by atoms with E-state index in [0.717, 1.165) is 70.8 Å². The third-order valence-corrected chi connectivity index (χ3v) is 4.86. The van der Waals surface area contributed by atoms with E-state index in [-0.39, 0.29) is 11.4 Å². The van der Waals surface area contributed by atoms with Gasteiger partial charge in [0.2, 0.25) is 0 Å². The second-order valence-electron chi connectivity index (χ2n) is 6.44. The van der Waals surface area contributed by atoms with Crippen molar-refractivity contribution in [3.8, 4) is 0 Å². The lowest BCUT2D eigenvalue weighted by Crippen LogP contribution is -2.32. The van der Waals surface area contributed by atoms with Crippen molar-refractivity contribution in [3.63, 3.8) is 0 Å². The number of benzene rings is 1. The van der Waals surface area contributed by atoms with Gasteiger partial charge in [-0.2, -0.15) is 0 Å². The monoisotopic (exact) mass is 334 g/mol. The van der Waals surface area contributed by atoms with Gasteiger partial charge in [0.05, 0.1) is 15.9 Å². The van der Waals surface area contributed by atoms with E-state index in [1.807, 2.05) is 9.80 Å². The first-order chi connectivity index (χ1) is 11.6. The molecule has 1 aromatic rings. The lowest BCUT2D eigenvalue weighted by molar-refractivity contribution is -0.393. The summed E-state index contributed by atoms with van der Waals surface area (Å²) in [6.07, 6.45) is 6.22. The van der Waals surface area contributed by atoms with Gasteiger partial charge in [0.15, 0.2) is 0 Å². The molecule has 0 aromatic heterocycles. The van der Waals surface area contributed by atoms with Crippen LogP contribution in [-0.2, 0) is 0 Å². The van der Waals surface area contributed by atoms with Crippen LogP contribution in [0.15, 0.2) is 12.1 Å². The molecule has 2 fully saturated rings. The van der Waals surface area contributed by atoms with Gasteiger partial charge in [-0.3, -0.25) is 20.2 Å². The second kappa shape index (κ2) is 7.02. The van der Waals surface area contributed by atoms with Crippen LogP contribution in [0.1, 0.15) is 38.5 Å². The Morgan fingerprint density at radius 3 is 1.38 bits per heavy atom. The van der Waals surface area contributed by atoms with E-state index in [1.54, 1.807) is 6.07 Å². The number of nitrogens with zero attached hydrogens (tertiary/aromatic N) is 4. The van der Waals surface area contributed by atoms with E-state index in [2.05, 4.69) is 0 Å². The summed E-state index contributed by atoms with van der Waals surface area (Å²) < 4.78 is 0. The van der Waals surface area contributed by atoms with Crippen LogP contribution >= 0.6 is 0 Å². The molecule has 0 spiro atoms. The van der Waals surface area contributed by atoms with Gasteiger partial charge >= 0.3 is 0 Å². The van der Waals surface area contributed by atoms with E-state index in [9.17, 15) is 20.2 Å². The van der Waals surface area contributed by atoms with Gasteiger partial charge in [-0.25, -0.2) is 0 Å². The summed E-state index contributed by atoms with van der Waals surface area (Å²) in [5.41, 5.74) is 0.713. The van der Waals surface area contributed by atoms with Gasteiger partial charge in [-0.1, -0.05) is 0 Å². The highest BCUT2D eigenvalue weighted by Crippen LogP contribution is 2.41. The summed E-state index contributed by atoms with van der Waals surface area (Å²) in [6.45, 7) is 3.05. The second-order valence-corrected chi connectivity index (χ2v) is 6.44. The summed E-state index contributed by atoms with van der Waals surface area (Å²) in [5.74, 6) is 0. The van der Waals surface area contributed by atoms with E-state index >= 15 is 0 Å². The standard InChI is InChI=1S/C16H22N4O4/c21-19(22)15-12-16(20(23)24)14(18-9-5-2-6-10-18)11-13(15)17-7-3-1-4-8-17/h11-12H,1-10H2. The molecule has 2 aliphatic heterocycles. The average molecular weight is 334 g/mol. The highest BCUT2D eigenvalue weighted by molar-refractivity contribution is 5.78. The SMILES string of the molecule is O=[N+]([O-])c1cc([N+](=O)[O-])c(N2CCCCC2)cc1N1CCCCC1. The van der Waals surface area contributed by atoms with Crippen molar-refractivity contribution in [2.45, 2.75) is 38.5 Å². The predicted octanol–water partition coefficient (Wildman–Crippen LogP) is 3.48. The van der Waals surface area contributed by atoms with Crippen molar-refractivity contribution < 1.29 is 9.85 Å². The normalized spacial score (nSPS) is 18.5. The quantitative estimate of drug-likeness (QED) is 0.618. The molecule has 3 rings (SSSR count). The first-order valence-electron chi connectivity index (χ1n) is 8.54. The Kier molecular flexibility index (Phi) is 4.82. The van der Waals surface area contributed by atoms with Gasteiger partial charge in [-0.15, -0.1) is 0 Å². The van der Waals surface area contributed by atoms with Crippen LogP contribution < -0.4 is 9.80 Å². The molecule has 0 saturated carbocycles. The Morgan fingerprint density at radius 2 is 1.04 bits per heavy atom. The maximum absolute atomic E-state index is 11.5. The number of rotatable bonds is 4. The summed E-state index contributed by atoms with van der Waals surface area (Å²) in [6, 6.07) is 2.82. The van der Waals surface area contributed by atoms with Crippen molar-refractivity contribution in [2.75, 3.05) is 36.0 Å². The van der Waals surface area contributed by atoms with Gasteiger partial charge in [0, 0.05) is 26.2 Å². The van der Waals surface area contributed by atoms with Gasteiger partial charge < -0.3 is 9.80 Å². The van der Waals surface area contributed by atoms with Gasteiger partial charge in [0.25, 0.3) is 11.4 Å². The zero-order valence-electron chi connectivity index (χ0n) is 13.6. The molecule has 1 aromatic carbocycles. The topological polar surface area (TPSA) is 92.8 Å². The van der Waals surface area contributed by atoms with E-state index in [4.69, 9.17) is 0 Å². The van der Waals surface area contributed by atoms with Crippen molar-refractivity contribution in [1.29, 1.82) is 0 Å². The zero-order chi connectivity index (χ0) is 17.1. The third-order valence-electron chi connectivity index (χ3n) is 4.86. The fourth-order valence-electron chi connectivity index (χ4n) is 3.62. The molecule has 0 amide bonds. The van der Waals surface area contributed by atoms with Crippen LogP contribution in [0.5, 0.6) is 0 Å². The number of anilines is 2. The van der Waals surface area contributed by atoms with Gasteiger partial charge in [0.1, 0.15) is 11.4 Å². The predicted molar refractivity (Wildman–Crippen MR) is 91.9 cm³/mol. The molecule has 2 heterocycles. The van der Waals surface area contributed by atoms with Crippen molar-refractivity contribution in [3.05, 3.63) is 32.4 Å². The van der Waals surface area contributed by atoms with E-state index in [0.29, 0.717) is 11.4 Å². The Hall–Kier alpha value is -2.38. The molecule has 0 N–H and O–H groups in total. The smallest absolute Gasteiger partial charge is 0.299 e. The molecule has 0 bridgehead atoms. The number of hydrogen-bond acceptors (Lipinski definition) is 6. The molecule has 0 unspecified atom stereocenters. The van der Waals surface area contributed by atoms with Crippen LogP contribution in [0, 0.1) is 20.2 Å². The fraction of sp³-hybridized carbons (Fsp3) is 0.625. The Balaban J connectivity index is 2.08. The Morgan fingerprint density at radius 1 is 0.667 bits per heavy atom. The lowest BCUT2D eigenvalue weighted by atomic mass is 10.1. The molecular formula is C16H22N4O4. The van der Waals surface area contributed by atoms with Crippen molar-refractivity contribution in [1.82, 2.24) is 0 Å². The minimum Gasteiger partial charge on any atom is -0.366 e. The highest BCUT2D eigenvalue weighted by atomic mass is 16.6. The average Bonchev–Trinajstić information content (AvgIpc) is 2.62. The summed E-state index contributed by atoms with van der Waals surface area (Å²) in [4.78, 5) is 25.9. The minimum atomic E-state index is -0.503. The molecule has 0 radical (unpaired) electrons. The first-order valence-corrected chi connectivity index (χ1v) is 8.54. The first kappa shape index (κ1) is 16.5. The fourth-order valence-corrected chi connectivity index (χ4v) is 3.62. The molecular weight excluding hydrogens is 312 g/mol. The number of hydrogen-bond donors (Lipinski definition) is 0. The Bertz CT molecular complexity index is 586. The van der Waals surface area contributed by atoms with E-state index < -0.39 is 9.85 Å². The molecule has 2 saturated heterocycles. The molecule has 2 aliphatic rings. The number of piperidine rings is 2. The summed E-state index contributed by atoms with van der Waals surface area (Å²) in [5, 5.41) is 22.9. The maximum atomic E-state index is 11.5. The van der Waals surface area contributed by atoms with Crippen LogP contribution in [0.4, 0.5) is 22.7 Å². The van der Waals surface area contributed by atoms with Crippen LogP contribution in [0.25, 0.3) is 0 Å². The number of nitro benzene ring substituents is 2. The van der Waals surface area contributed by atoms with Crippen molar-refractivity contribution in [2.24, 2.45) is 0 Å². The molecule has 8 heteroatoms. The van der Waals surface area contributed by atoms with Crippen LogP contribution in [-0.4, -0.2) is 36.0 Å². The summed E-state index contributed by atoms with van der Waals surface area (Å²) in [7, 11) is 0. The lowest BCUT2D eigenvalue weighted by Gasteiger charge is -2.31. The van der Waals surface area contributed by atoms with Crippen molar-refractivity contribution >= 4 is 22.7 Å². The van der Waals surface area contributed by atoms with Gasteiger partial charge in [-0.05, 0) is 44.6 Å². The molecule has 0 aliphatic carbocycles. The molecule has 130 valence electrons. The van der Waals surface area contributed by atoms with Crippen LogP contribution in [0.3, 0.4) is 0 Å². The minimum absolute atomic E-state index is 0.163. The Labute approximate surface area is 140 Å². The molecule has 0 atom stereocenters. The highest BCUT2D eigenvalue weighted by Gasteiger charge is 2.30. The maximum Gasteiger partial charge on any atom is 0.299 e. The number of nitro groups is 2.